The van der Waals surface area contributed by atoms with Crippen LogP contribution in [0.25, 0.3) is 11.1 Å². The summed E-state index contributed by atoms with van der Waals surface area (Å²) in [6, 6.07) is 3.95. The maximum absolute atomic E-state index is 10.4. The summed E-state index contributed by atoms with van der Waals surface area (Å²) in [6.07, 6.45) is 9.22. The van der Waals surface area contributed by atoms with Crippen molar-refractivity contribution < 1.29 is 15.3 Å². The van der Waals surface area contributed by atoms with Gasteiger partial charge in [0, 0.05) is 55.2 Å². The Balaban J connectivity index is 1.31. The summed E-state index contributed by atoms with van der Waals surface area (Å²) in [6.45, 7) is 4.23. The highest BCUT2D eigenvalue weighted by atomic mass is 16.3. The van der Waals surface area contributed by atoms with Gasteiger partial charge in [0.05, 0.1) is 18.4 Å². The lowest BCUT2D eigenvalue weighted by molar-refractivity contribution is -0.0948. The van der Waals surface area contributed by atoms with Crippen molar-refractivity contribution in [1.29, 1.82) is 0 Å². The van der Waals surface area contributed by atoms with E-state index in [1.54, 1.807) is 6.20 Å². The normalized spacial score (nSPS) is 24.8. The Morgan fingerprint density at radius 1 is 1.13 bits per heavy atom. The van der Waals surface area contributed by atoms with Crippen LogP contribution in [0, 0.1) is 5.92 Å². The van der Waals surface area contributed by atoms with Gasteiger partial charge in [0.2, 0.25) is 0 Å². The SMILES string of the molecule is C[C@H]1[C@H](O)C(CCO)N(CCCCCCNc2ccc(-c3cn[nH]c3)cn2)C[C@@H]1O. The van der Waals surface area contributed by atoms with Gasteiger partial charge in [-0.3, -0.25) is 10.00 Å². The number of aliphatic hydroxyl groups is 3. The van der Waals surface area contributed by atoms with E-state index in [1.807, 2.05) is 31.5 Å². The Kier molecular flexibility index (Phi) is 8.62. The summed E-state index contributed by atoms with van der Waals surface area (Å²) in [7, 11) is 0. The molecule has 0 aliphatic carbocycles. The molecule has 1 aliphatic rings. The summed E-state index contributed by atoms with van der Waals surface area (Å²) >= 11 is 0. The van der Waals surface area contributed by atoms with E-state index in [2.05, 4.69) is 25.4 Å². The number of piperidine rings is 1. The summed E-state index contributed by atoms with van der Waals surface area (Å²) in [4.78, 5) is 6.60. The van der Waals surface area contributed by atoms with Crippen molar-refractivity contribution in [3.8, 4) is 11.1 Å². The quantitative estimate of drug-likeness (QED) is 0.354. The Labute approximate surface area is 178 Å². The maximum atomic E-state index is 10.4. The lowest BCUT2D eigenvalue weighted by atomic mass is 9.85. The van der Waals surface area contributed by atoms with Gasteiger partial charge in [-0.25, -0.2) is 4.98 Å². The standard InChI is InChI=1S/C22H35N5O3/c1-16-20(29)15-27(19(8-11-28)22(16)30)10-5-3-2-4-9-23-21-7-6-17(12-24-21)18-13-25-26-14-18/h6-7,12-14,16,19-20,22,28-30H,2-5,8-11,15H2,1H3,(H,23,24)(H,25,26)/t16-,19?,20+,22+/m1/s1. The highest BCUT2D eigenvalue weighted by Crippen LogP contribution is 2.26. The number of anilines is 1. The molecule has 0 bridgehead atoms. The second kappa shape index (κ2) is 11.4. The van der Waals surface area contributed by atoms with Gasteiger partial charge in [-0.15, -0.1) is 0 Å². The van der Waals surface area contributed by atoms with Crippen LogP contribution >= 0.6 is 0 Å². The highest BCUT2D eigenvalue weighted by Gasteiger charge is 2.38. The first-order chi connectivity index (χ1) is 14.6. The van der Waals surface area contributed by atoms with Gasteiger partial charge in [0.15, 0.2) is 0 Å². The van der Waals surface area contributed by atoms with Gasteiger partial charge in [-0.1, -0.05) is 19.8 Å². The van der Waals surface area contributed by atoms with Gasteiger partial charge in [-0.2, -0.15) is 5.10 Å². The number of likely N-dealkylation sites (tertiary alicyclic amines) is 1. The second-order valence-corrected chi connectivity index (χ2v) is 8.25. The van der Waals surface area contributed by atoms with E-state index >= 15 is 0 Å². The average Bonchev–Trinajstić information content (AvgIpc) is 3.29. The van der Waals surface area contributed by atoms with E-state index in [-0.39, 0.29) is 18.6 Å². The van der Waals surface area contributed by atoms with Gasteiger partial charge in [0.25, 0.3) is 0 Å². The molecule has 0 amide bonds. The van der Waals surface area contributed by atoms with Gasteiger partial charge >= 0.3 is 0 Å². The molecule has 0 radical (unpaired) electrons. The smallest absolute Gasteiger partial charge is 0.125 e. The van der Waals surface area contributed by atoms with E-state index < -0.39 is 12.2 Å². The van der Waals surface area contributed by atoms with Crippen LogP contribution in [0.1, 0.15) is 39.0 Å². The molecule has 5 N–H and O–H groups in total. The minimum atomic E-state index is -0.586. The summed E-state index contributed by atoms with van der Waals surface area (Å²) in [5.74, 6) is 0.728. The first kappa shape index (κ1) is 22.7. The van der Waals surface area contributed by atoms with Crippen LogP contribution in [0.2, 0.25) is 0 Å². The number of rotatable bonds is 11. The molecule has 3 rings (SSSR count). The van der Waals surface area contributed by atoms with Gasteiger partial charge in [0.1, 0.15) is 5.82 Å². The molecular weight excluding hydrogens is 382 g/mol. The van der Waals surface area contributed by atoms with Crippen molar-refractivity contribution in [3.63, 3.8) is 0 Å². The molecule has 2 aromatic rings. The zero-order chi connectivity index (χ0) is 21.3. The number of β-amino-alcohol motifs (C(OH)–C–C–N with tert-alkyl or cyclic N) is 1. The molecule has 1 aliphatic heterocycles. The van der Waals surface area contributed by atoms with Crippen LogP contribution in [0.15, 0.2) is 30.7 Å². The number of pyridine rings is 1. The number of aliphatic hydroxyl groups excluding tert-OH is 3. The number of hydrogen-bond acceptors (Lipinski definition) is 7. The molecule has 8 nitrogen and oxygen atoms in total. The van der Waals surface area contributed by atoms with Crippen LogP contribution in [0.3, 0.4) is 0 Å². The van der Waals surface area contributed by atoms with E-state index in [0.29, 0.717) is 13.0 Å². The number of aromatic nitrogens is 3. The summed E-state index contributed by atoms with van der Waals surface area (Å²) < 4.78 is 0. The molecule has 1 fully saturated rings. The molecular formula is C22H35N5O3. The largest absolute Gasteiger partial charge is 0.396 e. The second-order valence-electron chi connectivity index (χ2n) is 8.25. The highest BCUT2D eigenvalue weighted by molar-refractivity contribution is 5.61. The predicted molar refractivity (Wildman–Crippen MR) is 117 cm³/mol. The first-order valence-electron chi connectivity index (χ1n) is 11.0. The van der Waals surface area contributed by atoms with Crippen molar-refractivity contribution in [2.45, 2.75) is 57.3 Å². The third kappa shape index (κ3) is 6.01. The van der Waals surface area contributed by atoms with Crippen LogP contribution in [-0.4, -0.2) is 79.9 Å². The summed E-state index contributed by atoms with van der Waals surface area (Å²) in [5, 5.41) is 40.0. The zero-order valence-electron chi connectivity index (χ0n) is 17.7. The average molecular weight is 418 g/mol. The van der Waals surface area contributed by atoms with Crippen LogP contribution in [0.4, 0.5) is 5.82 Å². The number of nitrogens with one attached hydrogen (secondary N) is 2. The van der Waals surface area contributed by atoms with E-state index in [4.69, 9.17) is 0 Å². The minimum absolute atomic E-state index is 0.0593. The number of unbranched alkanes of at least 4 members (excludes halogenated alkanes) is 3. The predicted octanol–water partition coefficient (Wildman–Crippen LogP) is 1.87. The Hall–Kier alpha value is -2.00. The number of H-pyrrole nitrogens is 1. The van der Waals surface area contributed by atoms with Crippen molar-refractivity contribution in [2.24, 2.45) is 5.92 Å². The lowest BCUT2D eigenvalue weighted by Gasteiger charge is -2.44. The topological polar surface area (TPSA) is 118 Å². The fourth-order valence-electron chi connectivity index (χ4n) is 4.17. The fourth-order valence-corrected chi connectivity index (χ4v) is 4.17. The minimum Gasteiger partial charge on any atom is -0.396 e. The van der Waals surface area contributed by atoms with Crippen molar-refractivity contribution in [1.82, 2.24) is 20.1 Å². The molecule has 166 valence electrons. The molecule has 0 aromatic carbocycles. The van der Waals surface area contributed by atoms with Crippen LogP contribution in [-0.2, 0) is 0 Å². The van der Waals surface area contributed by atoms with Crippen molar-refractivity contribution in [2.75, 3.05) is 31.6 Å². The molecule has 30 heavy (non-hydrogen) atoms. The fraction of sp³-hybridized carbons (Fsp3) is 0.636. The van der Waals surface area contributed by atoms with Crippen LogP contribution < -0.4 is 5.32 Å². The van der Waals surface area contributed by atoms with Crippen molar-refractivity contribution in [3.05, 3.63) is 30.7 Å². The number of hydrogen-bond donors (Lipinski definition) is 5. The monoisotopic (exact) mass is 417 g/mol. The van der Waals surface area contributed by atoms with E-state index in [9.17, 15) is 15.3 Å². The lowest BCUT2D eigenvalue weighted by Crippen LogP contribution is -2.58. The Morgan fingerprint density at radius 3 is 2.67 bits per heavy atom. The van der Waals surface area contributed by atoms with E-state index in [0.717, 1.165) is 55.7 Å². The number of nitrogens with zero attached hydrogens (tertiary/aromatic N) is 3. The molecule has 4 atom stereocenters. The zero-order valence-corrected chi connectivity index (χ0v) is 17.7. The Bertz CT molecular complexity index is 725. The third-order valence-electron chi connectivity index (χ3n) is 6.13. The summed E-state index contributed by atoms with van der Waals surface area (Å²) in [5.41, 5.74) is 2.06. The third-order valence-corrected chi connectivity index (χ3v) is 6.13. The molecule has 1 unspecified atom stereocenters. The van der Waals surface area contributed by atoms with Gasteiger partial charge < -0.3 is 20.6 Å². The molecule has 2 aromatic heterocycles. The molecule has 0 saturated carbocycles. The molecule has 1 saturated heterocycles. The van der Waals surface area contributed by atoms with Crippen molar-refractivity contribution >= 4 is 5.82 Å². The van der Waals surface area contributed by atoms with Gasteiger partial charge in [-0.05, 0) is 37.9 Å². The molecule has 3 heterocycles. The van der Waals surface area contributed by atoms with E-state index in [1.165, 1.54) is 0 Å². The molecule has 8 heteroatoms. The maximum Gasteiger partial charge on any atom is 0.125 e. The molecule has 0 spiro atoms. The van der Waals surface area contributed by atoms with Crippen LogP contribution in [0.5, 0.6) is 0 Å². The first-order valence-corrected chi connectivity index (χ1v) is 11.0. The number of aromatic amines is 1. The Morgan fingerprint density at radius 2 is 1.97 bits per heavy atom.